The molecule has 2 aromatic rings. The molecule has 0 saturated carbocycles. The van der Waals surface area contributed by atoms with E-state index >= 15 is 0 Å². The number of benzene rings is 2. The first-order valence-electron chi connectivity index (χ1n) is 6.20. The second-order valence-electron chi connectivity index (χ2n) is 4.61. The molecule has 4 nitrogen and oxygen atoms in total. The van der Waals surface area contributed by atoms with Gasteiger partial charge in [0.05, 0.1) is 25.3 Å². The Morgan fingerprint density at radius 2 is 1.60 bits per heavy atom. The van der Waals surface area contributed by atoms with Crippen LogP contribution in [0.5, 0.6) is 0 Å². The predicted molar refractivity (Wildman–Crippen MR) is 76.1 cm³/mol. The Hall–Kier alpha value is -2.36. The molecular weight excluding hydrogens is 256 g/mol. The molecule has 104 valence electrons. The standard InChI is InChI=1S/C16H16O4/c1-9-7-12-8-11(15(17)19-3)5-6-13(12)10(2)14(9)16(18)20-4/h5-8H,1-4H3. The van der Waals surface area contributed by atoms with Crippen molar-refractivity contribution in [1.82, 2.24) is 0 Å². The van der Waals surface area contributed by atoms with E-state index in [1.54, 1.807) is 12.1 Å². The van der Waals surface area contributed by atoms with Gasteiger partial charge in [0.15, 0.2) is 0 Å². The summed E-state index contributed by atoms with van der Waals surface area (Å²) in [5, 5.41) is 1.82. The summed E-state index contributed by atoms with van der Waals surface area (Å²) in [6.45, 7) is 3.73. The maximum atomic E-state index is 11.8. The number of carbonyl (C=O) groups is 2. The Kier molecular flexibility index (Phi) is 3.74. The van der Waals surface area contributed by atoms with Crippen LogP contribution in [-0.2, 0) is 9.47 Å². The number of rotatable bonds is 2. The van der Waals surface area contributed by atoms with Crippen molar-refractivity contribution in [3.8, 4) is 0 Å². The number of esters is 2. The van der Waals surface area contributed by atoms with E-state index in [2.05, 4.69) is 0 Å². The average Bonchev–Trinajstić information content (AvgIpc) is 2.45. The molecule has 0 saturated heterocycles. The minimum absolute atomic E-state index is 0.348. The predicted octanol–water partition coefficient (Wildman–Crippen LogP) is 3.03. The largest absolute Gasteiger partial charge is 0.465 e. The monoisotopic (exact) mass is 272 g/mol. The van der Waals surface area contributed by atoms with Crippen LogP contribution in [0.1, 0.15) is 31.8 Å². The highest BCUT2D eigenvalue weighted by molar-refractivity contribution is 6.02. The third kappa shape index (κ3) is 2.25. The molecule has 0 heterocycles. The molecule has 0 radical (unpaired) electrons. The van der Waals surface area contributed by atoms with E-state index < -0.39 is 0 Å². The molecule has 20 heavy (non-hydrogen) atoms. The number of fused-ring (bicyclic) bond motifs is 1. The van der Waals surface area contributed by atoms with E-state index in [1.165, 1.54) is 14.2 Å². The van der Waals surface area contributed by atoms with Crippen LogP contribution in [0.3, 0.4) is 0 Å². The van der Waals surface area contributed by atoms with Crippen LogP contribution in [0.2, 0.25) is 0 Å². The first-order chi connectivity index (χ1) is 9.49. The van der Waals surface area contributed by atoms with Crippen molar-refractivity contribution >= 4 is 22.7 Å². The van der Waals surface area contributed by atoms with Crippen molar-refractivity contribution in [2.24, 2.45) is 0 Å². The van der Waals surface area contributed by atoms with Crippen molar-refractivity contribution in [3.63, 3.8) is 0 Å². The maximum Gasteiger partial charge on any atom is 0.338 e. The highest BCUT2D eigenvalue weighted by Gasteiger charge is 2.16. The Balaban J connectivity index is 2.70. The van der Waals surface area contributed by atoms with Crippen LogP contribution in [0.4, 0.5) is 0 Å². The molecule has 0 unspecified atom stereocenters. The Morgan fingerprint density at radius 1 is 0.950 bits per heavy atom. The minimum Gasteiger partial charge on any atom is -0.465 e. The maximum absolute atomic E-state index is 11.8. The van der Waals surface area contributed by atoms with E-state index in [9.17, 15) is 9.59 Å². The van der Waals surface area contributed by atoms with Crippen LogP contribution in [0, 0.1) is 13.8 Å². The number of hydrogen-bond donors (Lipinski definition) is 0. The Bertz CT molecular complexity index is 701. The van der Waals surface area contributed by atoms with Gasteiger partial charge in [-0.1, -0.05) is 12.1 Å². The molecule has 0 bridgehead atoms. The number of hydrogen-bond acceptors (Lipinski definition) is 4. The summed E-state index contributed by atoms with van der Waals surface area (Å²) in [6, 6.07) is 7.16. The third-order valence-electron chi connectivity index (χ3n) is 3.41. The molecule has 4 heteroatoms. The number of carbonyl (C=O) groups excluding carboxylic acids is 2. The molecule has 0 spiro atoms. The van der Waals surface area contributed by atoms with Gasteiger partial charge >= 0.3 is 11.9 Å². The first-order valence-corrected chi connectivity index (χ1v) is 6.20. The lowest BCUT2D eigenvalue weighted by atomic mass is 9.94. The Morgan fingerprint density at radius 3 is 2.20 bits per heavy atom. The zero-order valence-corrected chi connectivity index (χ0v) is 11.9. The van der Waals surface area contributed by atoms with Crippen molar-refractivity contribution < 1.29 is 19.1 Å². The molecule has 0 amide bonds. The lowest BCUT2D eigenvalue weighted by Gasteiger charge is -2.12. The summed E-state index contributed by atoms with van der Waals surface area (Å²) in [4.78, 5) is 23.4. The van der Waals surface area contributed by atoms with Crippen LogP contribution >= 0.6 is 0 Å². The van der Waals surface area contributed by atoms with Crippen LogP contribution in [0.15, 0.2) is 24.3 Å². The van der Waals surface area contributed by atoms with Gasteiger partial charge in [-0.25, -0.2) is 9.59 Å². The molecule has 0 aliphatic heterocycles. The minimum atomic E-state index is -0.376. The fourth-order valence-corrected chi connectivity index (χ4v) is 2.42. The molecule has 0 atom stereocenters. The zero-order chi connectivity index (χ0) is 14.9. The SMILES string of the molecule is COC(=O)c1ccc2c(C)c(C(=O)OC)c(C)cc2c1. The lowest BCUT2D eigenvalue weighted by Crippen LogP contribution is -2.07. The second-order valence-corrected chi connectivity index (χ2v) is 4.61. The van der Waals surface area contributed by atoms with Crippen molar-refractivity contribution in [2.75, 3.05) is 14.2 Å². The second kappa shape index (κ2) is 5.33. The summed E-state index contributed by atoms with van der Waals surface area (Å²) in [5.41, 5.74) is 2.74. The molecule has 0 N–H and O–H groups in total. The van der Waals surface area contributed by atoms with Gasteiger partial charge in [0.1, 0.15) is 0 Å². The van der Waals surface area contributed by atoms with Gasteiger partial charge in [-0.2, -0.15) is 0 Å². The van der Waals surface area contributed by atoms with E-state index in [0.717, 1.165) is 21.9 Å². The van der Waals surface area contributed by atoms with E-state index in [1.807, 2.05) is 26.0 Å². The summed E-state index contributed by atoms with van der Waals surface area (Å²) < 4.78 is 9.53. The van der Waals surface area contributed by atoms with Crippen LogP contribution < -0.4 is 0 Å². The van der Waals surface area contributed by atoms with Crippen molar-refractivity contribution in [1.29, 1.82) is 0 Å². The van der Waals surface area contributed by atoms with Gasteiger partial charge in [-0.05, 0) is 47.9 Å². The summed E-state index contributed by atoms with van der Waals surface area (Å²) in [6.07, 6.45) is 0. The number of methoxy groups -OCH3 is 2. The molecular formula is C16H16O4. The molecule has 0 aliphatic carbocycles. The first kappa shape index (κ1) is 14.1. The fraction of sp³-hybridized carbons (Fsp3) is 0.250. The van der Waals surface area contributed by atoms with Crippen molar-refractivity contribution in [2.45, 2.75) is 13.8 Å². The normalized spacial score (nSPS) is 10.4. The van der Waals surface area contributed by atoms with E-state index in [-0.39, 0.29) is 11.9 Å². The molecule has 0 aliphatic rings. The molecule has 2 rings (SSSR count). The van der Waals surface area contributed by atoms with Gasteiger partial charge in [0.2, 0.25) is 0 Å². The third-order valence-corrected chi connectivity index (χ3v) is 3.41. The topological polar surface area (TPSA) is 52.6 Å². The van der Waals surface area contributed by atoms with Gasteiger partial charge < -0.3 is 9.47 Å². The van der Waals surface area contributed by atoms with Gasteiger partial charge in [0.25, 0.3) is 0 Å². The van der Waals surface area contributed by atoms with E-state index in [0.29, 0.717) is 11.1 Å². The van der Waals surface area contributed by atoms with Crippen LogP contribution in [-0.4, -0.2) is 26.2 Å². The number of ether oxygens (including phenoxy) is 2. The average molecular weight is 272 g/mol. The summed E-state index contributed by atoms with van der Waals surface area (Å²) in [5.74, 6) is -0.724. The van der Waals surface area contributed by atoms with Gasteiger partial charge in [0, 0.05) is 0 Å². The highest BCUT2D eigenvalue weighted by atomic mass is 16.5. The van der Waals surface area contributed by atoms with E-state index in [4.69, 9.17) is 9.47 Å². The van der Waals surface area contributed by atoms with Crippen molar-refractivity contribution in [3.05, 3.63) is 46.5 Å². The molecule has 0 aromatic heterocycles. The quantitative estimate of drug-likeness (QED) is 0.788. The number of aryl methyl sites for hydroxylation is 2. The molecule has 2 aromatic carbocycles. The highest BCUT2D eigenvalue weighted by Crippen LogP contribution is 2.27. The lowest BCUT2D eigenvalue weighted by molar-refractivity contribution is 0.0590. The zero-order valence-electron chi connectivity index (χ0n) is 11.9. The smallest absolute Gasteiger partial charge is 0.338 e. The fourth-order valence-electron chi connectivity index (χ4n) is 2.42. The van der Waals surface area contributed by atoms with Gasteiger partial charge in [-0.3, -0.25) is 0 Å². The Labute approximate surface area is 117 Å². The van der Waals surface area contributed by atoms with Gasteiger partial charge in [-0.15, -0.1) is 0 Å². The summed E-state index contributed by atoms with van der Waals surface area (Å²) in [7, 11) is 2.72. The molecule has 0 fully saturated rings. The summed E-state index contributed by atoms with van der Waals surface area (Å²) >= 11 is 0. The van der Waals surface area contributed by atoms with Crippen LogP contribution in [0.25, 0.3) is 10.8 Å².